The van der Waals surface area contributed by atoms with Crippen molar-refractivity contribution in [2.75, 3.05) is 39.1 Å². The lowest BCUT2D eigenvalue weighted by Gasteiger charge is -2.16. The SMILES string of the molecule is Cc1ccc(NC(=O)c2n[nH]c3c2CNCC3)c(OCCN(C)C)c1.Cl.Cl. The predicted octanol–water partition coefficient (Wildman–Crippen LogP) is 2.40. The molecule has 0 fully saturated rings. The Hall–Kier alpha value is -1.80. The Kier molecular flexibility index (Phi) is 9.05. The largest absolute Gasteiger partial charge is 0.490 e. The number of carbonyl (C=O) groups excluding carboxylic acids is 1. The molecule has 0 bridgehead atoms. The summed E-state index contributed by atoms with van der Waals surface area (Å²) in [4.78, 5) is 14.7. The van der Waals surface area contributed by atoms with Gasteiger partial charge in [0.25, 0.3) is 5.91 Å². The molecular weight excluding hydrogens is 389 g/mol. The highest BCUT2D eigenvalue weighted by molar-refractivity contribution is 6.04. The number of anilines is 1. The summed E-state index contributed by atoms with van der Waals surface area (Å²) in [5.41, 5.74) is 4.18. The van der Waals surface area contributed by atoms with Gasteiger partial charge in [0.1, 0.15) is 12.4 Å². The number of halogens is 2. The highest BCUT2D eigenvalue weighted by atomic mass is 35.5. The van der Waals surface area contributed by atoms with Crippen molar-refractivity contribution >= 4 is 36.4 Å². The number of likely N-dealkylation sites (N-methyl/N-ethyl adjacent to an activating group) is 1. The second-order valence-corrected chi connectivity index (χ2v) is 6.56. The van der Waals surface area contributed by atoms with Crippen LogP contribution in [0.25, 0.3) is 0 Å². The quantitative estimate of drug-likeness (QED) is 0.674. The van der Waals surface area contributed by atoms with Crippen molar-refractivity contribution in [2.45, 2.75) is 19.9 Å². The fourth-order valence-corrected chi connectivity index (χ4v) is 2.78. The molecule has 0 atom stereocenters. The molecule has 0 radical (unpaired) electrons. The number of nitrogens with zero attached hydrogens (tertiary/aromatic N) is 2. The first-order chi connectivity index (χ1) is 12.0. The van der Waals surface area contributed by atoms with Gasteiger partial charge in [0, 0.05) is 37.3 Å². The first-order valence-corrected chi connectivity index (χ1v) is 8.51. The van der Waals surface area contributed by atoms with E-state index in [1.165, 1.54) is 0 Å². The summed E-state index contributed by atoms with van der Waals surface area (Å²) < 4.78 is 5.86. The number of aromatic amines is 1. The van der Waals surface area contributed by atoms with Crippen LogP contribution < -0.4 is 15.4 Å². The number of nitrogens with one attached hydrogen (secondary N) is 3. The molecule has 27 heavy (non-hydrogen) atoms. The molecule has 1 aromatic carbocycles. The van der Waals surface area contributed by atoms with Crippen LogP contribution in [0.1, 0.15) is 27.3 Å². The minimum atomic E-state index is -0.220. The lowest BCUT2D eigenvalue weighted by Crippen LogP contribution is -2.25. The third-order valence-electron chi connectivity index (χ3n) is 4.20. The molecule has 0 unspecified atom stereocenters. The number of hydrogen-bond acceptors (Lipinski definition) is 5. The molecule has 0 spiro atoms. The number of amides is 1. The number of ether oxygens (including phenoxy) is 1. The van der Waals surface area contributed by atoms with Crippen molar-refractivity contribution in [1.29, 1.82) is 0 Å². The maximum absolute atomic E-state index is 12.7. The number of fused-ring (bicyclic) bond motifs is 1. The summed E-state index contributed by atoms with van der Waals surface area (Å²) in [6, 6.07) is 5.76. The van der Waals surface area contributed by atoms with E-state index in [-0.39, 0.29) is 30.7 Å². The number of rotatable bonds is 6. The van der Waals surface area contributed by atoms with Crippen LogP contribution in [0.2, 0.25) is 0 Å². The van der Waals surface area contributed by atoms with Crippen LogP contribution in [0.15, 0.2) is 18.2 Å². The Morgan fingerprint density at radius 2 is 2.11 bits per heavy atom. The Morgan fingerprint density at radius 1 is 1.33 bits per heavy atom. The van der Waals surface area contributed by atoms with Gasteiger partial charge in [0.15, 0.2) is 5.69 Å². The Bertz CT molecular complexity index is 764. The van der Waals surface area contributed by atoms with Crippen LogP contribution in [0.4, 0.5) is 5.69 Å². The van der Waals surface area contributed by atoms with Crippen LogP contribution >= 0.6 is 24.8 Å². The minimum Gasteiger partial charge on any atom is -0.490 e. The average Bonchev–Trinajstić information content (AvgIpc) is 3.01. The van der Waals surface area contributed by atoms with Gasteiger partial charge < -0.3 is 20.3 Å². The standard InChI is InChI=1S/C18H25N5O2.2ClH/c1-12-4-5-15(16(10-12)25-9-8-23(2)3)20-18(24)17-13-11-19-7-6-14(13)21-22-17;;/h4-5,10,19H,6-9,11H2,1-3H3,(H,20,24)(H,21,22);2*1H. The third kappa shape index (κ3) is 5.84. The minimum absolute atomic E-state index is 0. The summed E-state index contributed by atoms with van der Waals surface area (Å²) in [6.45, 7) is 4.92. The monoisotopic (exact) mass is 415 g/mol. The van der Waals surface area contributed by atoms with Crippen LogP contribution in [0, 0.1) is 6.92 Å². The molecule has 1 aliphatic heterocycles. The van der Waals surface area contributed by atoms with Gasteiger partial charge in [-0.25, -0.2) is 0 Å². The number of aromatic nitrogens is 2. The van der Waals surface area contributed by atoms with Gasteiger partial charge >= 0.3 is 0 Å². The predicted molar refractivity (Wildman–Crippen MR) is 112 cm³/mol. The van der Waals surface area contributed by atoms with Gasteiger partial charge in [0.05, 0.1) is 5.69 Å². The molecule has 9 heteroatoms. The molecule has 0 saturated carbocycles. The molecule has 1 amide bonds. The zero-order valence-electron chi connectivity index (χ0n) is 15.8. The van der Waals surface area contributed by atoms with Crippen LogP contribution in [-0.2, 0) is 13.0 Å². The average molecular weight is 416 g/mol. The molecule has 150 valence electrons. The van der Waals surface area contributed by atoms with Crippen molar-refractivity contribution in [2.24, 2.45) is 0 Å². The van der Waals surface area contributed by atoms with Gasteiger partial charge in [-0.15, -0.1) is 24.8 Å². The van der Waals surface area contributed by atoms with Crippen molar-refractivity contribution in [3.8, 4) is 5.75 Å². The van der Waals surface area contributed by atoms with E-state index in [0.29, 0.717) is 30.3 Å². The van der Waals surface area contributed by atoms with E-state index in [0.717, 1.165) is 36.3 Å². The molecule has 2 aromatic rings. The van der Waals surface area contributed by atoms with E-state index in [1.54, 1.807) is 0 Å². The zero-order chi connectivity index (χ0) is 17.8. The Morgan fingerprint density at radius 3 is 2.85 bits per heavy atom. The van der Waals surface area contributed by atoms with Gasteiger partial charge in [0.2, 0.25) is 0 Å². The van der Waals surface area contributed by atoms with E-state index in [4.69, 9.17) is 4.74 Å². The fourth-order valence-electron chi connectivity index (χ4n) is 2.78. The second kappa shape index (κ2) is 10.5. The van der Waals surface area contributed by atoms with Gasteiger partial charge in [-0.2, -0.15) is 5.10 Å². The molecule has 0 saturated heterocycles. The lowest BCUT2D eigenvalue weighted by molar-refractivity contribution is 0.102. The summed E-state index contributed by atoms with van der Waals surface area (Å²) in [7, 11) is 3.99. The summed E-state index contributed by atoms with van der Waals surface area (Å²) >= 11 is 0. The van der Waals surface area contributed by atoms with E-state index in [1.807, 2.05) is 39.2 Å². The van der Waals surface area contributed by atoms with Gasteiger partial charge in [-0.1, -0.05) is 6.07 Å². The normalized spacial score (nSPS) is 12.6. The summed E-state index contributed by atoms with van der Waals surface area (Å²) in [5, 5.41) is 13.4. The highest BCUT2D eigenvalue weighted by Gasteiger charge is 2.22. The third-order valence-corrected chi connectivity index (χ3v) is 4.20. The second-order valence-electron chi connectivity index (χ2n) is 6.56. The molecule has 2 heterocycles. The van der Waals surface area contributed by atoms with Gasteiger partial charge in [-0.3, -0.25) is 9.89 Å². The van der Waals surface area contributed by atoms with E-state index < -0.39 is 0 Å². The van der Waals surface area contributed by atoms with Crippen LogP contribution in [0.3, 0.4) is 0 Å². The number of benzene rings is 1. The smallest absolute Gasteiger partial charge is 0.276 e. The number of hydrogen-bond donors (Lipinski definition) is 3. The summed E-state index contributed by atoms with van der Waals surface area (Å²) in [5.74, 6) is 0.459. The highest BCUT2D eigenvalue weighted by Crippen LogP contribution is 2.27. The zero-order valence-corrected chi connectivity index (χ0v) is 17.4. The van der Waals surface area contributed by atoms with E-state index in [9.17, 15) is 4.79 Å². The Balaban J connectivity index is 0.00000182. The molecule has 3 N–H and O–H groups in total. The van der Waals surface area contributed by atoms with Crippen molar-refractivity contribution in [3.05, 3.63) is 40.7 Å². The van der Waals surface area contributed by atoms with Crippen molar-refractivity contribution in [1.82, 2.24) is 20.4 Å². The lowest BCUT2D eigenvalue weighted by atomic mass is 10.1. The number of H-pyrrole nitrogens is 1. The topological polar surface area (TPSA) is 82.3 Å². The Labute approximate surface area is 172 Å². The van der Waals surface area contributed by atoms with Crippen LogP contribution in [0.5, 0.6) is 5.75 Å². The maximum atomic E-state index is 12.7. The molecule has 3 rings (SSSR count). The molecule has 7 nitrogen and oxygen atoms in total. The molecule has 1 aliphatic rings. The molecular formula is C18H27Cl2N5O2. The fraction of sp³-hybridized carbons (Fsp3) is 0.444. The number of carbonyl (C=O) groups is 1. The maximum Gasteiger partial charge on any atom is 0.276 e. The first-order valence-electron chi connectivity index (χ1n) is 8.51. The van der Waals surface area contributed by atoms with Crippen LogP contribution in [-0.4, -0.2) is 54.8 Å². The summed E-state index contributed by atoms with van der Waals surface area (Å²) in [6.07, 6.45) is 0.860. The molecule has 0 aliphatic carbocycles. The van der Waals surface area contributed by atoms with Gasteiger partial charge in [-0.05, 0) is 38.7 Å². The first kappa shape index (κ1) is 23.2. The number of aryl methyl sites for hydroxylation is 1. The molecule has 1 aromatic heterocycles. The van der Waals surface area contributed by atoms with E-state index in [2.05, 4.69) is 25.7 Å². The van der Waals surface area contributed by atoms with E-state index >= 15 is 0 Å². The van der Waals surface area contributed by atoms with Crippen molar-refractivity contribution < 1.29 is 9.53 Å². The van der Waals surface area contributed by atoms with Crippen molar-refractivity contribution in [3.63, 3.8) is 0 Å².